The van der Waals surface area contributed by atoms with Gasteiger partial charge in [-0.15, -0.1) is 0 Å². The fourth-order valence-corrected chi connectivity index (χ4v) is 2.07. The van der Waals surface area contributed by atoms with Gasteiger partial charge in [-0.3, -0.25) is 25.2 Å². The van der Waals surface area contributed by atoms with E-state index in [4.69, 9.17) is 4.42 Å². The number of hydrogen-bond acceptors (Lipinski definition) is 4. The highest BCUT2D eigenvalue weighted by Crippen LogP contribution is 2.18. The van der Waals surface area contributed by atoms with E-state index >= 15 is 0 Å². The number of para-hydroxylation sites is 1. The highest BCUT2D eigenvalue weighted by Gasteiger charge is 2.13. The molecule has 23 heavy (non-hydrogen) atoms. The zero-order valence-corrected chi connectivity index (χ0v) is 12.0. The third-order valence-electron chi connectivity index (χ3n) is 3.18. The molecule has 0 aliphatic rings. The van der Waals surface area contributed by atoms with Crippen LogP contribution >= 0.6 is 0 Å². The number of hydrogen-bond donors (Lipinski definition) is 2. The lowest BCUT2D eigenvalue weighted by atomic mass is 10.2. The van der Waals surface area contributed by atoms with Gasteiger partial charge in [-0.05, 0) is 18.2 Å². The minimum absolute atomic E-state index is 0.0865. The van der Waals surface area contributed by atoms with Crippen LogP contribution in [0, 0.1) is 0 Å². The first-order valence-electron chi connectivity index (χ1n) is 6.87. The van der Waals surface area contributed by atoms with E-state index in [0.717, 1.165) is 5.39 Å². The maximum absolute atomic E-state index is 12.0. The Hall–Kier alpha value is -3.35. The van der Waals surface area contributed by atoms with Gasteiger partial charge in [-0.1, -0.05) is 24.3 Å². The smallest absolute Gasteiger partial charge is 0.305 e. The van der Waals surface area contributed by atoms with Gasteiger partial charge in [-0.25, -0.2) is 0 Å². The number of fused-ring (bicyclic) bond motifs is 1. The second-order valence-corrected chi connectivity index (χ2v) is 4.82. The molecule has 3 rings (SSSR count). The average molecular weight is 311 g/mol. The van der Waals surface area contributed by atoms with Gasteiger partial charge in [0.25, 0.3) is 11.5 Å². The van der Waals surface area contributed by atoms with Crippen LogP contribution in [0.2, 0.25) is 0 Å². The number of nitrogens with one attached hydrogen (secondary N) is 2. The van der Waals surface area contributed by atoms with E-state index in [1.54, 1.807) is 30.3 Å². The van der Waals surface area contributed by atoms with Crippen molar-refractivity contribution < 1.29 is 14.0 Å². The van der Waals surface area contributed by atoms with E-state index in [1.807, 2.05) is 12.1 Å². The Bertz CT molecular complexity index is 893. The summed E-state index contributed by atoms with van der Waals surface area (Å²) in [5.41, 5.74) is 4.78. The zero-order chi connectivity index (χ0) is 16.2. The normalized spacial score (nSPS) is 10.4. The van der Waals surface area contributed by atoms with Crippen LogP contribution in [0.1, 0.15) is 10.6 Å². The summed E-state index contributed by atoms with van der Waals surface area (Å²) in [6.07, 6.45) is 1.49. The monoisotopic (exact) mass is 311 g/mol. The highest BCUT2D eigenvalue weighted by atomic mass is 16.3. The van der Waals surface area contributed by atoms with Crippen molar-refractivity contribution in [2.75, 3.05) is 0 Å². The number of carbonyl (C=O) groups is 2. The molecule has 0 bridgehead atoms. The summed E-state index contributed by atoms with van der Waals surface area (Å²) >= 11 is 0. The Labute approximate surface area is 130 Å². The molecule has 0 radical (unpaired) electrons. The minimum atomic E-state index is -0.574. The molecule has 2 heterocycles. The van der Waals surface area contributed by atoms with Crippen LogP contribution in [0.4, 0.5) is 0 Å². The molecule has 7 nitrogen and oxygen atoms in total. The van der Waals surface area contributed by atoms with E-state index in [9.17, 15) is 14.4 Å². The van der Waals surface area contributed by atoms with E-state index in [0.29, 0.717) is 5.58 Å². The molecule has 0 spiro atoms. The molecular formula is C16H13N3O4. The van der Waals surface area contributed by atoms with Crippen LogP contribution in [0.25, 0.3) is 11.0 Å². The third kappa shape index (κ3) is 3.29. The molecule has 0 unspecified atom stereocenters. The van der Waals surface area contributed by atoms with Crippen LogP contribution < -0.4 is 16.4 Å². The SMILES string of the molecule is O=C(Cn1ccccc1=O)NNC(=O)c1cc2ccccc2o1. The minimum Gasteiger partial charge on any atom is -0.451 e. The van der Waals surface area contributed by atoms with Crippen LogP contribution in [0.15, 0.2) is 63.9 Å². The first kappa shape index (κ1) is 14.6. The Morgan fingerprint density at radius 3 is 2.61 bits per heavy atom. The zero-order valence-electron chi connectivity index (χ0n) is 12.0. The second-order valence-electron chi connectivity index (χ2n) is 4.82. The summed E-state index contributed by atoms with van der Waals surface area (Å²) in [6.45, 7) is -0.194. The van der Waals surface area contributed by atoms with Gasteiger partial charge in [0.1, 0.15) is 12.1 Å². The van der Waals surface area contributed by atoms with Crippen molar-refractivity contribution in [3.63, 3.8) is 0 Å². The molecule has 0 aliphatic carbocycles. The second kappa shape index (κ2) is 6.18. The summed E-state index contributed by atoms with van der Waals surface area (Å²) in [6, 6.07) is 13.3. The van der Waals surface area contributed by atoms with Crippen LogP contribution in [-0.2, 0) is 11.3 Å². The van der Waals surface area contributed by atoms with Crippen molar-refractivity contribution in [3.05, 3.63) is 70.8 Å². The number of furan rings is 1. The van der Waals surface area contributed by atoms with E-state index < -0.39 is 11.8 Å². The summed E-state index contributed by atoms with van der Waals surface area (Å²) < 4.78 is 6.61. The van der Waals surface area contributed by atoms with Crippen LogP contribution in [0.5, 0.6) is 0 Å². The topological polar surface area (TPSA) is 93.3 Å². The summed E-state index contributed by atoms with van der Waals surface area (Å²) in [7, 11) is 0. The standard InChI is InChI=1S/C16H13N3O4/c20-14(10-19-8-4-3-7-15(19)21)17-18-16(22)13-9-11-5-1-2-6-12(11)23-13/h1-9H,10H2,(H,17,20)(H,18,22). The Morgan fingerprint density at radius 1 is 1.04 bits per heavy atom. The number of pyridine rings is 1. The van der Waals surface area contributed by atoms with Crippen molar-refractivity contribution in [3.8, 4) is 0 Å². The van der Waals surface area contributed by atoms with Gasteiger partial charge in [0.15, 0.2) is 5.76 Å². The quantitative estimate of drug-likeness (QED) is 0.707. The maximum Gasteiger partial charge on any atom is 0.305 e. The van der Waals surface area contributed by atoms with E-state index in [2.05, 4.69) is 10.9 Å². The van der Waals surface area contributed by atoms with Crippen LogP contribution in [-0.4, -0.2) is 16.4 Å². The van der Waals surface area contributed by atoms with Crippen molar-refractivity contribution in [2.24, 2.45) is 0 Å². The molecule has 116 valence electrons. The molecule has 0 fully saturated rings. The van der Waals surface area contributed by atoms with E-state index in [1.165, 1.54) is 16.8 Å². The molecule has 0 aliphatic heterocycles. The van der Waals surface area contributed by atoms with Gasteiger partial charge < -0.3 is 8.98 Å². The van der Waals surface area contributed by atoms with Crippen molar-refractivity contribution in [1.82, 2.24) is 15.4 Å². The lowest BCUT2D eigenvalue weighted by Crippen LogP contribution is -2.44. The summed E-state index contributed by atoms with van der Waals surface area (Å²) in [5, 5.41) is 0.791. The maximum atomic E-state index is 12.0. The predicted molar refractivity (Wildman–Crippen MR) is 82.5 cm³/mol. The molecule has 0 saturated heterocycles. The van der Waals surface area contributed by atoms with Crippen molar-refractivity contribution >= 4 is 22.8 Å². The Kier molecular flexibility index (Phi) is 3.92. The Morgan fingerprint density at radius 2 is 1.83 bits per heavy atom. The molecule has 7 heteroatoms. The lowest BCUT2D eigenvalue weighted by molar-refractivity contribution is -0.122. The molecule has 2 amide bonds. The van der Waals surface area contributed by atoms with Crippen molar-refractivity contribution in [1.29, 1.82) is 0 Å². The number of carbonyl (C=O) groups excluding carboxylic acids is 2. The summed E-state index contributed by atoms with van der Waals surface area (Å²) in [4.78, 5) is 35.2. The molecule has 2 aromatic heterocycles. The van der Waals surface area contributed by atoms with Crippen molar-refractivity contribution in [2.45, 2.75) is 6.54 Å². The van der Waals surface area contributed by atoms with Gasteiger partial charge in [0.05, 0.1) is 0 Å². The number of benzene rings is 1. The molecule has 0 atom stereocenters. The van der Waals surface area contributed by atoms with Crippen LogP contribution in [0.3, 0.4) is 0 Å². The fraction of sp³-hybridized carbons (Fsp3) is 0.0625. The average Bonchev–Trinajstić information content (AvgIpc) is 2.99. The largest absolute Gasteiger partial charge is 0.451 e. The van der Waals surface area contributed by atoms with Gasteiger partial charge in [0.2, 0.25) is 0 Å². The first-order chi connectivity index (χ1) is 11.1. The third-order valence-corrected chi connectivity index (χ3v) is 3.18. The number of nitrogens with zero attached hydrogens (tertiary/aromatic N) is 1. The number of hydrazine groups is 1. The lowest BCUT2D eigenvalue weighted by Gasteiger charge is -2.07. The fourth-order valence-electron chi connectivity index (χ4n) is 2.07. The van der Waals surface area contributed by atoms with Gasteiger partial charge in [0, 0.05) is 17.6 Å². The molecular weight excluding hydrogens is 298 g/mol. The first-order valence-corrected chi connectivity index (χ1v) is 6.87. The number of amides is 2. The Balaban J connectivity index is 1.61. The van der Waals surface area contributed by atoms with Gasteiger partial charge in [-0.2, -0.15) is 0 Å². The number of rotatable bonds is 3. The predicted octanol–water partition coefficient (Wildman–Crippen LogP) is 1.06. The van der Waals surface area contributed by atoms with Gasteiger partial charge >= 0.3 is 5.91 Å². The molecule has 0 saturated carbocycles. The molecule has 2 N–H and O–H groups in total. The highest BCUT2D eigenvalue weighted by molar-refractivity contribution is 5.96. The number of aromatic nitrogens is 1. The summed E-state index contributed by atoms with van der Waals surface area (Å²) in [5.74, 6) is -1.01. The van der Waals surface area contributed by atoms with E-state index in [-0.39, 0.29) is 17.9 Å². The molecule has 3 aromatic rings. The molecule has 1 aromatic carbocycles.